The molecule has 1 aliphatic heterocycles. The van der Waals surface area contributed by atoms with Gasteiger partial charge in [-0.05, 0) is 67.3 Å². The highest BCUT2D eigenvalue weighted by atomic mass is 32.2. The first-order valence-electron chi connectivity index (χ1n) is 11.8. The van der Waals surface area contributed by atoms with E-state index in [4.69, 9.17) is 9.51 Å². The summed E-state index contributed by atoms with van der Waals surface area (Å²) in [6.07, 6.45) is 3.92. The second kappa shape index (κ2) is 10.5. The zero-order chi connectivity index (χ0) is 24.2. The number of aromatic nitrogens is 2. The van der Waals surface area contributed by atoms with Crippen LogP contribution in [0.5, 0.6) is 0 Å². The number of benzene rings is 2. The van der Waals surface area contributed by atoms with Gasteiger partial charge in [-0.2, -0.15) is 4.98 Å². The average Bonchev–Trinajstić information content (AvgIpc) is 3.33. The second-order valence-corrected chi connectivity index (χ2v) is 9.84. The molecule has 0 saturated carbocycles. The monoisotopic (exact) mass is 476 g/mol. The molecule has 1 aliphatic rings. The molecule has 0 saturated heterocycles. The molecular weight excluding hydrogens is 444 g/mol. The number of nitrogens with zero attached hydrogens (tertiary/aromatic N) is 3. The number of amides is 2. The summed E-state index contributed by atoms with van der Waals surface area (Å²) in [5, 5.41) is 7.45. The first kappa shape index (κ1) is 24.1. The van der Waals surface area contributed by atoms with Crippen LogP contribution in [-0.4, -0.2) is 33.9 Å². The van der Waals surface area contributed by atoms with E-state index in [-0.39, 0.29) is 12.1 Å². The molecule has 0 fully saturated rings. The van der Waals surface area contributed by atoms with Gasteiger partial charge in [0.05, 0.1) is 11.6 Å². The summed E-state index contributed by atoms with van der Waals surface area (Å²) < 4.78 is 5.79. The number of carbonyl (C=O) groups is 1. The smallest absolute Gasteiger partial charge is 0.322 e. The van der Waals surface area contributed by atoms with Gasteiger partial charge in [-0.15, -0.1) is 11.8 Å². The van der Waals surface area contributed by atoms with Gasteiger partial charge in [0.15, 0.2) is 0 Å². The molecule has 1 unspecified atom stereocenters. The van der Waals surface area contributed by atoms with Crippen LogP contribution in [0, 0.1) is 5.92 Å². The molecule has 2 amide bonds. The van der Waals surface area contributed by atoms with E-state index >= 15 is 0 Å². The molecule has 2 aromatic carbocycles. The Bertz CT molecular complexity index is 1170. The van der Waals surface area contributed by atoms with E-state index in [1.807, 2.05) is 37.4 Å². The molecule has 1 atom stereocenters. The molecule has 178 valence electrons. The van der Waals surface area contributed by atoms with Gasteiger partial charge in [-0.3, -0.25) is 4.90 Å². The summed E-state index contributed by atoms with van der Waals surface area (Å²) in [5.41, 5.74) is 4.83. The molecule has 0 aliphatic carbocycles. The third kappa shape index (κ3) is 5.04. The predicted octanol–water partition coefficient (Wildman–Crippen LogP) is 6.56. The number of aryl methyl sites for hydroxylation is 1. The van der Waals surface area contributed by atoms with Crippen molar-refractivity contribution in [2.24, 2.45) is 5.92 Å². The van der Waals surface area contributed by atoms with E-state index in [9.17, 15) is 4.79 Å². The number of carbonyl (C=O) groups excluding carboxylic acids is 1. The van der Waals surface area contributed by atoms with Gasteiger partial charge in [0.2, 0.25) is 5.82 Å². The minimum Gasteiger partial charge on any atom is -0.334 e. The van der Waals surface area contributed by atoms with Crippen LogP contribution in [0.1, 0.15) is 57.2 Å². The number of allylic oxidation sites excluding steroid dienone is 1. The number of thioether (sulfide) groups is 1. The molecule has 1 N–H and O–H groups in total. The number of rotatable bonds is 8. The Labute approximate surface area is 205 Å². The summed E-state index contributed by atoms with van der Waals surface area (Å²) in [7, 11) is 0. The molecule has 7 heteroatoms. The number of hydrogen-bond acceptors (Lipinski definition) is 5. The molecule has 4 rings (SSSR count). The lowest BCUT2D eigenvalue weighted by molar-refractivity contribution is 0.202. The third-order valence-electron chi connectivity index (χ3n) is 6.25. The Kier molecular flexibility index (Phi) is 7.41. The lowest BCUT2D eigenvalue weighted by atomic mass is 9.93. The highest BCUT2D eigenvalue weighted by Gasteiger charge is 2.35. The molecule has 6 nitrogen and oxygen atoms in total. The van der Waals surface area contributed by atoms with Crippen molar-refractivity contribution in [1.29, 1.82) is 0 Å². The van der Waals surface area contributed by atoms with Crippen molar-refractivity contribution in [2.75, 3.05) is 12.8 Å². The van der Waals surface area contributed by atoms with E-state index < -0.39 is 0 Å². The second-order valence-electron chi connectivity index (χ2n) is 8.96. The minimum atomic E-state index is -0.360. The lowest BCUT2D eigenvalue weighted by Crippen LogP contribution is -2.46. The Balaban J connectivity index is 1.75. The third-order valence-corrected chi connectivity index (χ3v) is 7.00. The number of hydrogen-bond donors (Lipinski definition) is 1. The van der Waals surface area contributed by atoms with Crippen molar-refractivity contribution in [2.45, 2.75) is 51.5 Å². The molecule has 3 aromatic rings. The zero-order valence-corrected chi connectivity index (χ0v) is 21.3. The fraction of sp³-hybridized carbons (Fsp3) is 0.370. The summed E-state index contributed by atoms with van der Waals surface area (Å²) in [4.78, 5) is 20.8. The fourth-order valence-electron chi connectivity index (χ4n) is 4.10. The topological polar surface area (TPSA) is 71.3 Å². The Morgan fingerprint density at radius 1 is 1.12 bits per heavy atom. The highest BCUT2D eigenvalue weighted by Crippen LogP contribution is 2.37. The van der Waals surface area contributed by atoms with Crippen molar-refractivity contribution in [3.05, 3.63) is 71.2 Å². The molecule has 34 heavy (non-hydrogen) atoms. The van der Waals surface area contributed by atoms with Crippen LogP contribution < -0.4 is 5.32 Å². The Morgan fingerprint density at radius 2 is 1.82 bits per heavy atom. The molecule has 0 radical (unpaired) electrons. The van der Waals surface area contributed by atoms with E-state index in [0.717, 1.165) is 35.2 Å². The SMILES string of the molecule is CCc1ccc(C2NC(=O)N(CCC(C)C)C(C)=C2c2nc(-c3ccc(SC)cc3)no2)cc1. The first-order valence-corrected chi connectivity index (χ1v) is 13.0. The summed E-state index contributed by atoms with van der Waals surface area (Å²) in [5.74, 6) is 1.46. The van der Waals surface area contributed by atoms with Crippen LogP contribution in [0.4, 0.5) is 4.79 Å². The minimum absolute atomic E-state index is 0.0983. The summed E-state index contributed by atoms with van der Waals surface area (Å²) >= 11 is 1.69. The van der Waals surface area contributed by atoms with E-state index in [1.54, 1.807) is 16.7 Å². The number of urea groups is 1. The zero-order valence-electron chi connectivity index (χ0n) is 20.5. The molecule has 1 aromatic heterocycles. The van der Waals surface area contributed by atoms with E-state index in [2.05, 4.69) is 55.5 Å². The van der Waals surface area contributed by atoms with E-state index in [1.165, 1.54) is 10.5 Å². The van der Waals surface area contributed by atoms with Gasteiger partial charge in [0, 0.05) is 22.7 Å². The van der Waals surface area contributed by atoms with Crippen molar-refractivity contribution in [3.8, 4) is 11.4 Å². The summed E-state index contributed by atoms with van der Waals surface area (Å²) in [6, 6.07) is 16.0. The molecule has 0 spiro atoms. The van der Waals surface area contributed by atoms with E-state index in [0.29, 0.717) is 24.2 Å². The van der Waals surface area contributed by atoms with Crippen molar-refractivity contribution >= 4 is 23.4 Å². The van der Waals surface area contributed by atoms with Crippen molar-refractivity contribution in [3.63, 3.8) is 0 Å². The first-order chi connectivity index (χ1) is 16.4. The van der Waals surface area contributed by atoms with Gasteiger partial charge in [0.1, 0.15) is 0 Å². The van der Waals surface area contributed by atoms with Gasteiger partial charge < -0.3 is 9.84 Å². The van der Waals surface area contributed by atoms with Crippen molar-refractivity contribution < 1.29 is 9.32 Å². The normalized spacial score (nSPS) is 16.4. The van der Waals surface area contributed by atoms with Crippen LogP contribution in [0.15, 0.2) is 63.6 Å². The van der Waals surface area contributed by atoms with Crippen LogP contribution in [0.2, 0.25) is 0 Å². The maximum absolute atomic E-state index is 13.1. The maximum Gasteiger partial charge on any atom is 0.322 e. The predicted molar refractivity (Wildman–Crippen MR) is 137 cm³/mol. The van der Waals surface area contributed by atoms with Gasteiger partial charge >= 0.3 is 6.03 Å². The fourth-order valence-corrected chi connectivity index (χ4v) is 4.51. The van der Waals surface area contributed by atoms with Crippen LogP contribution in [-0.2, 0) is 6.42 Å². The number of nitrogens with one attached hydrogen (secondary N) is 1. The van der Waals surface area contributed by atoms with Crippen LogP contribution in [0.3, 0.4) is 0 Å². The Morgan fingerprint density at radius 3 is 2.44 bits per heavy atom. The summed E-state index contributed by atoms with van der Waals surface area (Å²) in [6.45, 7) is 9.06. The maximum atomic E-state index is 13.1. The van der Waals surface area contributed by atoms with Crippen LogP contribution in [0.25, 0.3) is 17.0 Å². The molecular formula is C27H32N4O2S. The molecule has 2 heterocycles. The lowest BCUT2D eigenvalue weighted by Gasteiger charge is -2.35. The van der Waals surface area contributed by atoms with Gasteiger partial charge in [-0.25, -0.2) is 4.79 Å². The largest absolute Gasteiger partial charge is 0.334 e. The van der Waals surface area contributed by atoms with Crippen molar-refractivity contribution in [1.82, 2.24) is 20.4 Å². The quantitative estimate of drug-likeness (QED) is 0.373. The molecule has 0 bridgehead atoms. The van der Waals surface area contributed by atoms with Crippen LogP contribution >= 0.6 is 11.8 Å². The van der Waals surface area contributed by atoms with Gasteiger partial charge in [0.25, 0.3) is 5.89 Å². The highest BCUT2D eigenvalue weighted by molar-refractivity contribution is 7.98. The van der Waals surface area contributed by atoms with Gasteiger partial charge in [-0.1, -0.05) is 50.2 Å². The standard InChI is InChI=1S/C27H32N4O2S/c1-6-19-7-9-20(10-8-19)24-23(18(4)31(27(32)28-24)16-15-17(2)3)26-29-25(30-33-26)21-11-13-22(34-5)14-12-21/h7-14,17,24H,6,15-16H2,1-5H3,(H,28,32). The Hall–Kier alpha value is -3.06. The average molecular weight is 477 g/mol.